The maximum atomic E-state index is 12.8. The average molecular weight is 377 g/mol. The number of hydrogen-bond donors (Lipinski definition) is 2. The van der Waals surface area contributed by atoms with Gasteiger partial charge in [0.15, 0.2) is 0 Å². The monoisotopic (exact) mass is 377 g/mol. The molecule has 9 heteroatoms. The van der Waals surface area contributed by atoms with Crippen molar-refractivity contribution in [3.05, 3.63) is 42.0 Å². The summed E-state index contributed by atoms with van der Waals surface area (Å²) in [5.74, 6) is 0.615. The Morgan fingerprint density at radius 1 is 1.12 bits per heavy atom. The summed E-state index contributed by atoms with van der Waals surface area (Å²) in [6, 6.07) is 9.30. The maximum absolute atomic E-state index is 12.8. The van der Waals surface area contributed by atoms with Gasteiger partial charge in [-0.3, -0.25) is 4.72 Å². The van der Waals surface area contributed by atoms with Gasteiger partial charge >= 0.3 is 6.03 Å². The number of methoxy groups -OCH3 is 2. The van der Waals surface area contributed by atoms with Crippen LogP contribution in [0.5, 0.6) is 11.5 Å². The molecular weight excluding hydrogens is 358 g/mol. The van der Waals surface area contributed by atoms with Gasteiger partial charge in [-0.05, 0) is 35.9 Å². The Morgan fingerprint density at radius 2 is 1.88 bits per heavy atom. The predicted molar refractivity (Wildman–Crippen MR) is 97.3 cm³/mol. The van der Waals surface area contributed by atoms with E-state index in [1.807, 2.05) is 0 Å². The number of nitrogens with zero attached hydrogens (tertiary/aromatic N) is 1. The summed E-state index contributed by atoms with van der Waals surface area (Å²) in [6.45, 7) is 0.388. The van der Waals surface area contributed by atoms with E-state index in [0.717, 1.165) is 5.56 Å². The molecule has 0 aromatic heterocycles. The number of benzene rings is 2. The van der Waals surface area contributed by atoms with Crippen molar-refractivity contribution >= 4 is 27.4 Å². The summed E-state index contributed by atoms with van der Waals surface area (Å²) >= 11 is 0. The lowest BCUT2D eigenvalue weighted by atomic mass is 10.1. The normalized spacial score (nSPS) is 13.7. The molecule has 1 aliphatic heterocycles. The van der Waals surface area contributed by atoms with Gasteiger partial charge in [0.05, 0.1) is 14.2 Å². The van der Waals surface area contributed by atoms with E-state index < -0.39 is 10.0 Å². The number of carbonyl (C=O) groups excluding carboxylic acids is 1. The van der Waals surface area contributed by atoms with E-state index in [0.29, 0.717) is 23.7 Å². The van der Waals surface area contributed by atoms with Gasteiger partial charge in [-0.2, -0.15) is 0 Å². The fourth-order valence-electron chi connectivity index (χ4n) is 2.65. The molecule has 0 fully saturated rings. The summed E-state index contributed by atoms with van der Waals surface area (Å²) < 4.78 is 38.4. The highest BCUT2D eigenvalue weighted by Gasteiger charge is 2.23. The molecule has 1 heterocycles. The first kappa shape index (κ1) is 17.9. The molecular formula is C17H19N3O5S. The minimum Gasteiger partial charge on any atom is -0.497 e. The number of carbonyl (C=O) groups is 1. The average Bonchev–Trinajstić information content (AvgIpc) is 2.62. The number of anilines is 2. The fourth-order valence-corrected chi connectivity index (χ4v) is 3.89. The topological polar surface area (TPSA) is 97.0 Å². The highest BCUT2D eigenvalue weighted by Crippen LogP contribution is 2.31. The van der Waals surface area contributed by atoms with Crippen LogP contribution in [0, 0.1) is 0 Å². The van der Waals surface area contributed by atoms with Crippen molar-refractivity contribution in [3.63, 3.8) is 0 Å². The third-order valence-corrected chi connectivity index (χ3v) is 5.42. The van der Waals surface area contributed by atoms with E-state index in [9.17, 15) is 13.2 Å². The van der Waals surface area contributed by atoms with E-state index in [2.05, 4.69) is 10.0 Å². The van der Waals surface area contributed by atoms with Crippen LogP contribution < -0.4 is 19.5 Å². The number of hydrogen-bond acceptors (Lipinski definition) is 5. The Kier molecular flexibility index (Phi) is 4.64. The second-order valence-corrected chi connectivity index (χ2v) is 7.43. The SMILES string of the molecule is COc1ccc(OC)c(S(=O)(=O)Nc2ccc3c(c2)CN(C)C(=O)N3)c1. The smallest absolute Gasteiger partial charge is 0.321 e. The first-order chi connectivity index (χ1) is 12.3. The van der Waals surface area contributed by atoms with Crippen molar-refractivity contribution in [3.8, 4) is 11.5 Å². The predicted octanol–water partition coefficient (Wildman–Crippen LogP) is 2.48. The van der Waals surface area contributed by atoms with Crippen molar-refractivity contribution in [1.29, 1.82) is 0 Å². The minimum absolute atomic E-state index is 0.0255. The molecule has 8 nitrogen and oxygen atoms in total. The summed E-state index contributed by atoms with van der Waals surface area (Å²) in [5, 5.41) is 2.74. The summed E-state index contributed by atoms with van der Waals surface area (Å²) in [6.07, 6.45) is 0. The zero-order chi connectivity index (χ0) is 18.9. The number of urea groups is 1. The van der Waals surface area contributed by atoms with E-state index in [1.165, 1.54) is 31.3 Å². The minimum atomic E-state index is -3.90. The lowest BCUT2D eigenvalue weighted by molar-refractivity contribution is 0.218. The van der Waals surface area contributed by atoms with E-state index in [4.69, 9.17) is 9.47 Å². The van der Waals surface area contributed by atoms with Crippen LogP contribution >= 0.6 is 0 Å². The summed E-state index contributed by atoms with van der Waals surface area (Å²) in [7, 11) is 0.627. The third-order valence-electron chi connectivity index (χ3n) is 4.01. The van der Waals surface area contributed by atoms with Crippen LogP contribution in [0.2, 0.25) is 0 Å². The molecule has 0 bridgehead atoms. The molecule has 0 saturated carbocycles. The second-order valence-electron chi connectivity index (χ2n) is 5.78. The Hall–Kier alpha value is -2.94. The molecule has 3 rings (SSSR count). The number of sulfonamides is 1. The maximum Gasteiger partial charge on any atom is 0.321 e. The molecule has 26 heavy (non-hydrogen) atoms. The molecule has 2 N–H and O–H groups in total. The Balaban J connectivity index is 1.94. The first-order valence-electron chi connectivity index (χ1n) is 7.74. The van der Waals surface area contributed by atoms with Gasteiger partial charge in [0.25, 0.3) is 10.0 Å². The number of rotatable bonds is 5. The standard InChI is InChI=1S/C17H19N3O5S/c1-20-10-11-8-12(4-6-14(11)18-17(20)21)19-26(22,23)16-9-13(24-2)5-7-15(16)25-3/h4-9,19H,10H2,1-3H3,(H,18,21). The van der Waals surface area contributed by atoms with Gasteiger partial charge in [0.1, 0.15) is 16.4 Å². The van der Waals surface area contributed by atoms with Crippen molar-refractivity contribution < 1.29 is 22.7 Å². The molecule has 2 aromatic carbocycles. The van der Waals surface area contributed by atoms with Crippen LogP contribution in [0.4, 0.5) is 16.2 Å². The molecule has 2 amide bonds. The highest BCUT2D eigenvalue weighted by atomic mass is 32.2. The summed E-state index contributed by atoms with van der Waals surface area (Å²) in [4.78, 5) is 13.1. The first-order valence-corrected chi connectivity index (χ1v) is 9.22. The molecule has 138 valence electrons. The number of amides is 2. The number of fused-ring (bicyclic) bond motifs is 1. The van der Waals surface area contributed by atoms with Gasteiger partial charge in [-0.15, -0.1) is 0 Å². The molecule has 0 spiro atoms. The van der Waals surface area contributed by atoms with Crippen LogP contribution in [-0.4, -0.2) is 40.6 Å². The lowest BCUT2D eigenvalue weighted by Crippen LogP contribution is -2.35. The van der Waals surface area contributed by atoms with Crippen molar-refractivity contribution in [1.82, 2.24) is 4.90 Å². The molecule has 0 atom stereocenters. The van der Waals surface area contributed by atoms with Crippen LogP contribution in [0.25, 0.3) is 0 Å². The van der Waals surface area contributed by atoms with Gasteiger partial charge < -0.3 is 19.7 Å². The molecule has 0 radical (unpaired) electrons. The number of nitrogens with one attached hydrogen (secondary N) is 2. The molecule has 1 aliphatic rings. The largest absolute Gasteiger partial charge is 0.497 e. The van der Waals surface area contributed by atoms with Crippen LogP contribution in [-0.2, 0) is 16.6 Å². The third kappa shape index (κ3) is 3.38. The highest BCUT2D eigenvalue weighted by molar-refractivity contribution is 7.92. The van der Waals surface area contributed by atoms with Gasteiger partial charge in [0.2, 0.25) is 0 Å². The van der Waals surface area contributed by atoms with Gasteiger partial charge in [0, 0.05) is 31.0 Å². The molecule has 0 unspecified atom stereocenters. The van der Waals surface area contributed by atoms with Crippen molar-refractivity contribution in [2.45, 2.75) is 11.4 Å². The number of ether oxygens (including phenoxy) is 2. The van der Waals surface area contributed by atoms with E-state index in [-0.39, 0.29) is 16.7 Å². The Morgan fingerprint density at radius 3 is 2.58 bits per heavy atom. The van der Waals surface area contributed by atoms with Gasteiger partial charge in [-0.25, -0.2) is 13.2 Å². The lowest BCUT2D eigenvalue weighted by Gasteiger charge is -2.26. The second kappa shape index (κ2) is 6.75. The molecule has 0 aliphatic carbocycles. The van der Waals surface area contributed by atoms with Crippen LogP contribution in [0.15, 0.2) is 41.3 Å². The quantitative estimate of drug-likeness (QED) is 0.834. The van der Waals surface area contributed by atoms with Crippen LogP contribution in [0.1, 0.15) is 5.56 Å². The Bertz CT molecular complexity index is 959. The fraction of sp³-hybridized carbons (Fsp3) is 0.235. The van der Waals surface area contributed by atoms with E-state index >= 15 is 0 Å². The zero-order valence-electron chi connectivity index (χ0n) is 14.6. The van der Waals surface area contributed by atoms with Crippen LogP contribution in [0.3, 0.4) is 0 Å². The van der Waals surface area contributed by atoms with E-state index in [1.54, 1.807) is 31.3 Å². The van der Waals surface area contributed by atoms with Gasteiger partial charge in [-0.1, -0.05) is 0 Å². The van der Waals surface area contributed by atoms with Crippen molar-refractivity contribution in [2.24, 2.45) is 0 Å². The Labute approximate surface area is 151 Å². The zero-order valence-corrected chi connectivity index (χ0v) is 15.4. The molecule has 2 aromatic rings. The molecule has 0 saturated heterocycles. The van der Waals surface area contributed by atoms with Crippen molar-refractivity contribution in [2.75, 3.05) is 31.3 Å². The summed E-state index contributed by atoms with van der Waals surface area (Å²) in [5.41, 5.74) is 1.86.